The van der Waals surface area contributed by atoms with Gasteiger partial charge in [-0.25, -0.2) is 8.78 Å². The Morgan fingerprint density at radius 2 is 1.76 bits per heavy atom. The van der Waals surface area contributed by atoms with E-state index in [1.807, 2.05) is 0 Å². The minimum Gasteiger partial charge on any atom is -0.482 e. The van der Waals surface area contributed by atoms with Crippen LogP contribution in [0.25, 0.3) is 10.8 Å². The first-order valence-electron chi connectivity index (χ1n) is 8.02. The minimum absolute atomic E-state index is 0.264. The fourth-order valence-corrected chi connectivity index (χ4v) is 2.84. The lowest BCUT2D eigenvalue weighted by Gasteiger charge is -2.25. The van der Waals surface area contributed by atoms with Gasteiger partial charge < -0.3 is 15.2 Å². The zero-order valence-electron chi connectivity index (χ0n) is 13.7. The van der Waals surface area contributed by atoms with E-state index in [-0.39, 0.29) is 12.4 Å². The molecule has 2 atom stereocenters. The molecule has 3 aromatic carbocycles. The van der Waals surface area contributed by atoms with E-state index in [0.717, 1.165) is 0 Å². The highest BCUT2D eigenvalue weighted by Gasteiger charge is 2.24. The summed E-state index contributed by atoms with van der Waals surface area (Å²) in [6.45, 7) is 0.264. The summed E-state index contributed by atoms with van der Waals surface area (Å²) < 4.78 is 33.6. The largest absolute Gasteiger partial charge is 0.482 e. The quantitative estimate of drug-likeness (QED) is 0.715. The summed E-state index contributed by atoms with van der Waals surface area (Å²) in [5, 5.41) is 14.4. The minimum atomic E-state index is -0.907. The molecule has 0 fully saturated rings. The van der Waals surface area contributed by atoms with E-state index in [1.165, 1.54) is 24.3 Å². The summed E-state index contributed by atoms with van der Waals surface area (Å²) in [5.41, 5.74) is 0.510. The van der Waals surface area contributed by atoms with Crippen molar-refractivity contribution in [3.8, 4) is 5.75 Å². The summed E-state index contributed by atoms with van der Waals surface area (Å²) in [4.78, 5) is 0. The van der Waals surface area contributed by atoms with Crippen molar-refractivity contribution in [3.63, 3.8) is 0 Å². The number of benzene rings is 3. The lowest BCUT2D eigenvalue weighted by atomic mass is 10.0. The molecule has 0 saturated carbocycles. The van der Waals surface area contributed by atoms with Crippen molar-refractivity contribution in [1.29, 1.82) is 0 Å². The van der Waals surface area contributed by atoms with Gasteiger partial charge in [0, 0.05) is 17.3 Å². The molecule has 3 rings (SSSR count). The molecule has 25 heavy (non-hydrogen) atoms. The van der Waals surface area contributed by atoms with Gasteiger partial charge in [-0.3, -0.25) is 0 Å². The van der Waals surface area contributed by atoms with Crippen LogP contribution in [0, 0.1) is 11.6 Å². The smallest absolute Gasteiger partial charge is 0.151 e. The lowest BCUT2D eigenvalue weighted by molar-refractivity contribution is 0.0377. The van der Waals surface area contributed by atoms with E-state index in [1.54, 1.807) is 43.4 Å². The molecule has 130 valence electrons. The summed E-state index contributed by atoms with van der Waals surface area (Å²) in [5.74, 6) is -0.325. The maximum atomic E-state index is 14.0. The maximum absolute atomic E-state index is 14.0. The third-order valence-electron chi connectivity index (χ3n) is 4.02. The number of hydrogen-bond donors (Lipinski definition) is 2. The first kappa shape index (κ1) is 17.3. The van der Waals surface area contributed by atoms with Gasteiger partial charge in [0.15, 0.2) is 6.10 Å². The predicted octanol–water partition coefficient (Wildman–Crippen LogP) is 3.82. The van der Waals surface area contributed by atoms with Gasteiger partial charge in [-0.2, -0.15) is 0 Å². The number of aliphatic hydroxyl groups is 1. The molecule has 0 aliphatic carbocycles. The molecule has 0 heterocycles. The second-order valence-corrected chi connectivity index (χ2v) is 5.81. The number of nitrogens with one attached hydrogen (secondary N) is 1. The second-order valence-electron chi connectivity index (χ2n) is 5.81. The summed E-state index contributed by atoms with van der Waals surface area (Å²) in [7, 11) is 1.71. The first-order chi connectivity index (χ1) is 12.1. The van der Waals surface area contributed by atoms with Crippen molar-refractivity contribution < 1.29 is 18.6 Å². The number of likely N-dealkylation sites (N-methyl/N-ethyl adjacent to an activating group) is 1. The molecule has 3 nitrogen and oxygen atoms in total. The Hall–Kier alpha value is -2.50. The van der Waals surface area contributed by atoms with Crippen molar-refractivity contribution in [1.82, 2.24) is 5.32 Å². The van der Waals surface area contributed by atoms with Gasteiger partial charge in [0.05, 0.1) is 0 Å². The first-order valence-corrected chi connectivity index (χ1v) is 8.02. The van der Waals surface area contributed by atoms with E-state index < -0.39 is 18.0 Å². The molecule has 0 radical (unpaired) electrons. The van der Waals surface area contributed by atoms with Gasteiger partial charge >= 0.3 is 0 Å². The molecular weight excluding hydrogens is 324 g/mol. The number of fused-ring (bicyclic) bond motifs is 1. The third kappa shape index (κ3) is 3.78. The Morgan fingerprint density at radius 1 is 1.00 bits per heavy atom. The molecule has 2 N–H and O–H groups in total. The molecule has 5 heteroatoms. The summed E-state index contributed by atoms with van der Waals surface area (Å²) in [6, 6.07) is 15.7. The molecule has 0 aromatic heterocycles. The van der Waals surface area contributed by atoms with Gasteiger partial charge in [0.25, 0.3) is 0 Å². The summed E-state index contributed by atoms with van der Waals surface area (Å²) >= 11 is 0. The Labute approximate surface area is 144 Å². The average Bonchev–Trinajstić information content (AvgIpc) is 2.61. The monoisotopic (exact) mass is 343 g/mol. The van der Waals surface area contributed by atoms with Gasteiger partial charge in [0.1, 0.15) is 23.5 Å². The van der Waals surface area contributed by atoms with Gasteiger partial charge in [0.2, 0.25) is 0 Å². The average molecular weight is 343 g/mol. The van der Waals surface area contributed by atoms with Gasteiger partial charge in [-0.15, -0.1) is 0 Å². The Bertz CT molecular complexity index is 869. The van der Waals surface area contributed by atoms with Gasteiger partial charge in [-0.05, 0) is 36.9 Å². The van der Waals surface area contributed by atoms with Crippen LogP contribution in [0.3, 0.4) is 0 Å². The van der Waals surface area contributed by atoms with E-state index in [2.05, 4.69) is 5.32 Å². The fourth-order valence-electron chi connectivity index (χ4n) is 2.84. The number of aliphatic hydroxyl groups excluding tert-OH is 1. The Balaban J connectivity index is 2.02. The van der Waals surface area contributed by atoms with Crippen molar-refractivity contribution >= 4 is 10.8 Å². The lowest BCUT2D eigenvalue weighted by Crippen LogP contribution is -2.32. The van der Waals surface area contributed by atoms with Crippen LogP contribution in [0.15, 0.2) is 60.7 Å². The van der Waals surface area contributed by atoms with Gasteiger partial charge in [-0.1, -0.05) is 36.4 Å². The zero-order chi connectivity index (χ0) is 17.8. The van der Waals surface area contributed by atoms with Crippen molar-refractivity contribution in [2.45, 2.75) is 12.2 Å². The zero-order valence-corrected chi connectivity index (χ0v) is 13.7. The predicted molar refractivity (Wildman–Crippen MR) is 93.6 cm³/mol. The van der Waals surface area contributed by atoms with Crippen molar-refractivity contribution in [3.05, 3.63) is 77.9 Å². The molecule has 0 amide bonds. The second kappa shape index (κ2) is 7.59. The van der Waals surface area contributed by atoms with Crippen LogP contribution in [0.1, 0.15) is 11.7 Å². The van der Waals surface area contributed by atoms with Crippen LogP contribution in [0.5, 0.6) is 5.75 Å². The fraction of sp³-hybridized carbons (Fsp3) is 0.200. The molecule has 0 aliphatic rings. The third-order valence-corrected chi connectivity index (χ3v) is 4.02. The normalized spacial score (nSPS) is 13.6. The van der Waals surface area contributed by atoms with E-state index in [4.69, 9.17) is 4.74 Å². The topological polar surface area (TPSA) is 41.5 Å². The summed E-state index contributed by atoms with van der Waals surface area (Å²) in [6.07, 6.45) is -1.70. The molecule has 3 aromatic rings. The highest BCUT2D eigenvalue weighted by Crippen LogP contribution is 2.32. The molecule has 0 spiro atoms. The number of hydrogen-bond acceptors (Lipinski definition) is 3. The van der Waals surface area contributed by atoms with Crippen molar-refractivity contribution in [2.75, 3.05) is 13.6 Å². The number of ether oxygens (including phenoxy) is 1. The van der Waals surface area contributed by atoms with Crippen LogP contribution in [0.2, 0.25) is 0 Å². The molecule has 0 saturated heterocycles. The Kier molecular flexibility index (Phi) is 5.26. The van der Waals surface area contributed by atoms with Crippen LogP contribution < -0.4 is 10.1 Å². The maximum Gasteiger partial charge on any atom is 0.151 e. The highest BCUT2D eigenvalue weighted by atomic mass is 19.1. The molecule has 0 aliphatic heterocycles. The van der Waals surface area contributed by atoms with Crippen molar-refractivity contribution in [2.24, 2.45) is 0 Å². The van der Waals surface area contributed by atoms with Crippen LogP contribution in [-0.4, -0.2) is 24.8 Å². The molecule has 0 bridgehead atoms. The SMILES string of the molecule is CNC[C@@H](O)[C@@H](Oc1ccc(F)c2ccccc12)c1cccc(F)c1. The number of rotatable bonds is 6. The standard InChI is InChI=1S/C20H19F2NO2/c1-23-12-18(24)20(13-5-4-6-14(21)11-13)25-19-10-9-17(22)15-7-2-3-8-16(15)19/h2-11,18,20,23-24H,12H2,1H3/t18-,20+/m1/s1. The van der Waals surface area contributed by atoms with E-state index >= 15 is 0 Å². The van der Waals surface area contributed by atoms with Crippen LogP contribution in [-0.2, 0) is 0 Å². The molecule has 0 unspecified atom stereocenters. The Morgan fingerprint density at radius 3 is 2.48 bits per heavy atom. The van der Waals surface area contributed by atoms with Crippen LogP contribution >= 0.6 is 0 Å². The molecular formula is C20H19F2NO2. The van der Waals surface area contributed by atoms with E-state index in [0.29, 0.717) is 22.1 Å². The highest BCUT2D eigenvalue weighted by molar-refractivity contribution is 5.88. The number of halogens is 2. The van der Waals surface area contributed by atoms with E-state index in [9.17, 15) is 13.9 Å². The van der Waals surface area contributed by atoms with Crippen LogP contribution in [0.4, 0.5) is 8.78 Å².